The lowest BCUT2D eigenvalue weighted by molar-refractivity contribution is 0.0962. The summed E-state index contributed by atoms with van der Waals surface area (Å²) in [6, 6.07) is 11.6. The third kappa shape index (κ3) is 2.96. The molecule has 1 unspecified atom stereocenters. The molecule has 1 aromatic carbocycles. The third-order valence-electron chi connectivity index (χ3n) is 3.31. The molecular weight excluding hydrogens is 250 g/mol. The molecule has 0 aliphatic heterocycles. The highest BCUT2D eigenvalue weighted by atomic mass is 16.1. The fourth-order valence-corrected chi connectivity index (χ4v) is 2.11. The first-order valence-electron chi connectivity index (χ1n) is 6.62. The Morgan fingerprint density at radius 1 is 1.20 bits per heavy atom. The molecule has 2 N–H and O–H groups in total. The smallest absolute Gasteiger partial charge is 0.251 e. The van der Waals surface area contributed by atoms with Gasteiger partial charge in [-0.3, -0.25) is 9.78 Å². The van der Waals surface area contributed by atoms with Gasteiger partial charge in [-0.1, -0.05) is 12.1 Å². The van der Waals surface area contributed by atoms with Gasteiger partial charge < -0.3 is 10.6 Å². The predicted molar refractivity (Wildman–Crippen MR) is 80.8 cm³/mol. The number of aromatic nitrogens is 1. The molecule has 0 aliphatic carbocycles. The lowest BCUT2D eigenvalue weighted by atomic mass is 10.0. The molecule has 0 spiro atoms. The van der Waals surface area contributed by atoms with Crippen LogP contribution in [0.2, 0.25) is 0 Å². The van der Waals surface area contributed by atoms with E-state index in [0.717, 1.165) is 16.9 Å². The van der Waals surface area contributed by atoms with E-state index >= 15 is 0 Å². The van der Waals surface area contributed by atoms with Gasteiger partial charge in [-0.25, -0.2) is 0 Å². The number of nitrogens with zero attached hydrogens (tertiary/aromatic N) is 1. The van der Waals surface area contributed by atoms with Crippen molar-refractivity contribution in [1.29, 1.82) is 0 Å². The number of hydrogen-bond donors (Lipinski definition) is 2. The molecule has 0 radical (unpaired) electrons. The van der Waals surface area contributed by atoms with Crippen molar-refractivity contribution in [3.05, 3.63) is 59.4 Å². The highest BCUT2D eigenvalue weighted by molar-refractivity contribution is 5.96. The molecule has 1 atom stereocenters. The maximum atomic E-state index is 11.8. The summed E-state index contributed by atoms with van der Waals surface area (Å²) >= 11 is 0. The van der Waals surface area contributed by atoms with Crippen LogP contribution in [0.25, 0.3) is 0 Å². The van der Waals surface area contributed by atoms with E-state index in [-0.39, 0.29) is 11.9 Å². The Balaban J connectivity index is 2.24. The van der Waals surface area contributed by atoms with Gasteiger partial charge in [0.15, 0.2) is 0 Å². The molecule has 0 aliphatic rings. The van der Waals surface area contributed by atoms with Gasteiger partial charge in [0, 0.05) is 24.5 Å². The topological polar surface area (TPSA) is 54.0 Å². The fraction of sp³-hybridized carbons (Fsp3) is 0.250. The summed E-state index contributed by atoms with van der Waals surface area (Å²) in [6.45, 7) is 3.99. The highest BCUT2D eigenvalue weighted by Gasteiger charge is 2.12. The Bertz CT molecular complexity index is 596. The molecule has 20 heavy (non-hydrogen) atoms. The van der Waals surface area contributed by atoms with Crippen LogP contribution in [0.5, 0.6) is 0 Å². The Kier molecular flexibility index (Phi) is 4.35. The molecule has 0 saturated carbocycles. The molecule has 4 heteroatoms. The van der Waals surface area contributed by atoms with Crippen LogP contribution >= 0.6 is 0 Å². The zero-order valence-corrected chi connectivity index (χ0v) is 12.0. The normalized spacial score (nSPS) is 11.8. The second-order valence-corrected chi connectivity index (χ2v) is 4.68. The van der Waals surface area contributed by atoms with Gasteiger partial charge in [0.25, 0.3) is 5.91 Å². The van der Waals surface area contributed by atoms with Crippen LogP contribution in [0.4, 0.5) is 5.69 Å². The minimum atomic E-state index is -0.0726. The van der Waals surface area contributed by atoms with Gasteiger partial charge in [0.1, 0.15) is 0 Å². The van der Waals surface area contributed by atoms with Gasteiger partial charge in [-0.05, 0) is 43.7 Å². The largest absolute Gasteiger partial charge is 0.377 e. The van der Waals surface area contributed by atoms with Crippen LogP contribution in [0, 0.1) is 6.92 Å². The highest BCUT2D eigenvalue weighted by Crippen LogP contribution is 2.23. The number of carbonyl (C=O) groups is 1. The van der Waals surface area contributed by atoms with Crippen LogP contribution < -0.4 is 10.6 Å². The molecule has 0 fully saturated rings. The van der Waals surface area contributed by atoms with Gasteiger partial charge in [-0.2, -0.15) is 0 Å². The number of nitrogens with one attached hydrogen (secondary N) is 2. The Labute approximate surface area is 119 Å². The van der Waals surface area contributed by atoms with Crippen LogP contribution in [-0.4, -0.2) is 17.9 Å². The second-order valence-electron chi connectivity index (χ2n) is 4.68. The standard InChI is InChI=1S/C16H19N3O/c1-11-13(16(20)17-3)7-6-9-14(11)19-12(2)15-8-4-5-10-18-15/h4-10,12,19H,1-3H3,(H,17,20). The number of benzene rings is 1. The van der Waals surface area contributed by atoms with E-state index < -0.39 is 0 Å². The van der Waals surface area contributed by atoms with Crippen molar-refractivity contribution in [2.45, 2.75) is 19.9 Å². The summed E-state index contributed by atoms with van der Waals surface area (Å²) in [4.78, 5) is 16.1. The average Bonchev–Trinajstić information content (AvgIpc) is 2.49. The van der Waals surface area contributed by atoms with E-state index in [0.29, 0.717) is 5.56 Å². The summed E-state index contributed by atoms with van der Waals surface area (Å²) < 4.78 is 0. The predicted octanol–water partition coefficient (Wildman–Crippen LogP) is 2.92. The van der Waals surface area contributed by atoms with Gasteiger partial charge >= 0.3 is 0 Å². The van der Waals surface area contributed by atoms with Crippen molar-refractivity contribution in [1.82, 2.24) is 10.3 Å². The summed E-state index contributed by atoms with van der Waals surface area (Å²) in [7, 11) is 1.64. The van der Waals surface area contributed by atoms with Crippen LogP contribution in [0.1, 0.15) is 34.6 Å². The second kappa shape index (κ2) is 6.19. The van der Waals surface area contributed by atoms with Gasteiger partial charge in [0.2, 0.25) is 0 Å². The first kappa shape index (κ1) is 14.1. The van der Waals surface area contributed by atoms with E-state index in [2.05, 4.69) is 15.6 Å². The molecule has 2 aromatic rings. The van der Waals surface area contributed by atoms with Gasteiger partial charge in [0.05, 0.1) is 11.7 Å². The van der Waals surface area contributed by atoms with E-state index in [4.69, 9.17) is 0 Å². The van der Waals surface area contributed by atoms with Crippen LogP contribution in [0.3, 0.4) is 0 Å². The van der Waals surface area contributed by atoms with Crippen molar-refractivity contribution in [2.75, 3.05) is 12.4 Å². The van der Waals surface area contributed by atoms with Crippen molar-refractivity contribution in [3.63, 3.8) is 0 Å². The van der Waals surface area contributed by atoms with Crippen molar-refractivity contribution < 1.29 is 4.79 Å². The maximum absolute atomic E-state index is 11.8. The summed E-state index contributed by atoms with van der Waals surface area (Å²) in [6.07, 6.45) is 1.78. The van der Waals surface area contributed by atoms with E-state index in [9.17, 15) is 4.79 Å². The zero-order chi connectivity index (χ0) is 14.5. The lowest BCUT2D eigenvalue weighted by Gasteiger charge is -2.18. The molecule has 104 valence electrons. The molecule has 2 rings (SSSR count). The average molecular weight is 269 g/mol. The number of hydrogen-bond acceptors (Lipinski definition) is 3. The lowest BCUT2D eigenvalue weighted by Crippen LogP contribution is -2.19. The SMILES string of the molecule is CNC(=O)c1cccc(NC(C)c2ccccn2)c1C. The van der Waals surface area contributed by atoms with Crippen molar-refractivity contribution in [3.8, 4) is 0 Å². The third-order valence-corrected chi connectivity index (χ3v) is 3.31. The molecule has 1 amide bonds. The monoisotopic (exact) mass is 269 g/mol. The Hall–Kier alpha value is -2.36. The fourth-order valence-electron chi connectivity index (χ4n) is 2.11. The van der Waals surface area contributed by atoms with E-state index in [1.54, 1.807) is 13.2 Å². The zero-order valence-electron chi connectivity index (χ0n) is 12.0. The van der Waals surface area contributed by atoms with Crippen LogP contribution in [-0.2, 0) is 0 Å². The number of pyridine rings is 1. The molecule has 0 bridgehead atoms. The van der Waals surface area contributed by atoms with Crippen LogP contribution in [0.15, 0.2) is 42.6 Å². The minimum Gasteiger partial charge on any atom is -0.377 e. The van der Waals surface area contributed by atoms with Gasteiger partial charge in [-0.15, -0.1) is 0 Å². The van der Waals surface area contributed by atoms with Crippen molar-refractivity contribution in [2.24, 2.45) is 0 Å². The number of anilines is 1. The van der Waals surface area contributed by atoms with E-state index in [1.165, 1.54) is 0 Å². The quantitative estimate of drug-likeness (QED) is 0.897. The summed E-state index contributed by atoms with van der Waals surface area (Å²) in [5.41, 5.74) is 3.54. The molecule has 0 saturated heterocycles. The first-order valence-corrected chi connectivity index (χ1v) is 6.62. The number of carbonyl (C=O) groups excluding carboxylic acids is 1. The first-order chi connectivity index (χ1) is 9.63. The van der Waals surface area contributed by atoms with Crippen molar-refractivity contribution >= 4 is 11.6 Å². The maximum Gasteiger partial charge on any atom is 0.251 e. The number of rotatable bonds is 4. The number of amides is 1. The summed E-state index contributed by atoms with van der Waals surface area (Å²) in [5.74, 6) is -0.0726. The Morgan fingerprint density at radius 3 is 2.65 bits per heavy atom. The minimum absolute atomic E-state index is 0.0726. The molecule has 1 aromatic heterocycles. The Morgan fingerprint density at radius 2 is 2.00 bits per heavy atom. The molecular formula is C16H19N3O. The van der Waals surface area contributed by atoms with E-state index in [1.807, 2.05) is 50.2 Å². The molecule has 1 heterocycles. The summed E-state index contributed by atoms with van der Waals surface area (Å²) in [5, 5.41) is 6.06. The molecule has 4 nitrogen and oxygen atoms in total.